The molecule has 0 aromatic heterocycles. The average Bonchev–Trinajstić information content (AvgIpc) is 2.46. The van der Waals surface area contributed by atoms with Crippen molar-refractivity contribution in [2.24, 2.45) is 11.7 Å². The van der Waals surface area contributed by atoms with Crippen molar-refractivity contribution in [1.82, 2.24) is 4.90 Å². The summed E-state index contributed by atoms with van der Waals surface area (Å²) >= 11 is 0. The van der Waals surface area contributed by atoms with Gasteiger partial charge in [0.05, 0.1) is 6.07 Å². The van der Waals surface area contributed by atoms with Gasteiger partial charge in [-0.2, -0.15) is 5.26 Å². The summed E-state index contributed by atoms with van der Waals surface area (Å²) in [5.41, 5.74) is 5.61. The van der Waals surface area contributed by atoms with Gasteiger partial charge in [0.15, 0.2) is 0 Å². The van der Waals surface area contributed by atoms with Crippen LogP contribution in [-0.4, -0.2) is 30.1 Å². The molecule has 1 aliphatic heterocycles. The topological polar surface area (TPSA) is 53.0 Å². The van der Waals surface area contributed by atoms with Gasteiger partial charge in [-0.15, -0.1) is 0 Å². The van der Waals surface area contributed by atoms with E-state index in [1.807, 2.05) is 0 Å². The van der Waals surface area contributed by atoms with Crippen LogP contribution in [0.5, 0.6) is 0 Å². The first-order valence-corrected chi connectivity index (χ1v) is 5.08. The third-order valence-electron chi connectivity index (χ3n) is 3.01. The number of hydrogen-bond donors (Lipinski definition) is 1. The highest BCUT2D eigenvalue weighted by Gasteiger charge is 2.30. The summed E-state index contributed by atoms with van der Waals surface area (Å²) in [6.07, 6.45) is 2.41. The van der Waals surface area contributed by atoms with Crippen molar-refractivity contribution < 1.29 is 0 Å². The fraction of sp³-hybridized carbons (Fsp3) is 0.900. The Morgan fingerprint density at radius 2 is 2.38 bits per heavy atom. The Bertz CT molecular complexity index is 197. The lowest BCUT2D eigenvalue weighted by atomic mass is 10.0. The summed E-state index contributed by atoms with van der Waals surface area (Å²) in [6.45, 7) is 6.33. The molecule has 13 heavy (non-hydrogen) atoms. The van der Waals surface area contributed by atoms with Gasteiger partial charge in [0, 0.05) is 12.6 Å². The second kappa shape index (κ2) is 4.59. The van der Waals surface area contributed by atoms with E-state index in [1.54, 1.807) is 0 Å². The molecule has 3 atom stereocenters. The lowest BCUT2D eigenvalue weighted by molar-refractivity contribution is 0.222. The number of hydrogen-bond acceptors (Lipinski definition) is 3. The van der Waals surface area contributed by atoms with Crippen LogP contribution in [-0.2, 0) is 0 Å². The van der Waals surface area contributed by atoms with Gasteiger partial charge in [-0.3, -0.25) is 4.90 Å². The van der Waals surface area contributed by atoms with Gasteiger partial charge in [-0.1, -0.05) is 13.8 Å². The van der Waals surface area contributed by atoms with E-state index >= 15 is 0 Å². The maximum atomic E-state index is 8.62. The van der Waals surface area contributed by atoms with E-state index in [-0.39, 0.29) is 6.04 Å². The number of likely N-dealkylation sites (tertiary alicyclic amines) is 1. The highest BCUT2D eigenvalue weighted by Crippen LogP contribution is 2.25. The third kappa shape index (κ3) is 2.43. The summed E-state index contributed by atoms with van der Waals surface area (Å²) < 4.78 is 0. The molecule has 1 heterocycles. The first-order chi connectivity index (χ1) is 6.19. The standard InChI is InChI=1S/C10H19N3/c1-3-10-8(2)4-5-13(10)7-9(12)6-11/h8-10H,3-5,7,12H2,1-2H3. The second-order valence-electron chi connectivity index (χ2n) is 3.97. The molecule has 0 aromatic carbocycles. The Balaban J connectivity index is 2.47. The predicted molar refractivity (Wildman–Crippen MR) is 53.0 cm³/mol. The Kier molecular flexibility index (Phi) is 3.71. The quantitative estimate of drug-likeness (QED) is 0.705. The van der Waals surface area contributed by atoms with Crippen LogP contribution in [0.4, 0.5) is 0 Å². The smallest absolute Gasteiger partial charge is 0.106 e. The zero-order valence-electron chi connectivity index (χ0n) is 8.53. The zero-order chi connectivity index (χ0) is 9.84. The van der Waals surface area contributed by atoms with Gasteiger partial charge in [-0.25, -0.2) is 0 Å². The molecule has 1 aliphatic rings. The summed E-state index contributed by atoms with van der Waals surface area (Å²) in [5.74, 6) is 0.760. The van der Waals surface area contributed by atoms with E-state index in [0.717, 1.165) is 19.0 Å². The minimum absolute atomic E-state index is 0.320. The highest BCUT2D eigenvalue weighted by molar-refractivity contribution is 4.93. The molecule has 1 fully saturated rings. The molecule has 3 heteroatoms. The minimum atomic E-state index is -0.320. The average molecular weight is 181 g/mol. The Morgan fingerprint density at radius 1 is 1.69 bits per heavy atom. The fourth-order valence-corrected chi connectivity index (χ4v) is 2.27. The molecule has 3 unspecified atom stereocenters. The van der Waals surface area contributed by atoms with Gasteiger partial charge >= 0.3 is 0 Å². The number of nitrogens with two attached hydrogens (primary N) is 1. The lowest BCUT2D eigenvalue weighted by Gasteiger charge is -2.26. The van der Waals surface area contributed by atoms with E-state index in [1.165, 1.54) is 12.8 Å². The second-order valence-corrected chi connectivity index (χ2v) is 3.97. The van der Waals surface area contributed by atoms with Gasteiger partial charge in [0.25, 0.3) is 0 Å². The van der Waals surface area contributed by atoms with E-state index in [2.05, 4.69) is 24.8 Å². The summed E-state index contributed by atoms with van der Waals surface area (Å²) in [6, 6.07) is 2.41. The van der Waals surface area contributed by atoms with Crippen LogP contribution in [0.15, 0.2) is 0 Å². The summed E-state index contributed by atoms with van der Waals surface area (Å²) in [4.78, 5) is 2.36. The zero-order valence-corrected chi connectivity index (χ0v) is 8.53. The van der Waals surface area contributed by atoms with Crippen LogP contribution in [0, 0.1) is 17.2 Å². The van der Waals surface area contributed by atoms with Gasteiger partial charge < -0.3 is 5.73 Å². The van der Waals surface area contributed by atoms with Crippen molar-refractivity contribution in [2.45, 2.75) is 38.8 Å². The Labute approximate surface area is 80.5 Å². The van der Waals surface area contributed by atoms with Crippen LogP contribution < -0.4 is 5.73 Å². The van der Waals surface area contributed by atoms with Crippen molar-refractivity contribution in [1.29, 1.82) is 5.26 Å². The molecule has 1 saturated heterocycles. The van der Waals surface area contributed by atoms with Gasteiger partial charge in [-0.05, 0) is 25.3 Å². The van der Waals surface area contributed by atoms with Crippen molar-refractivity contribution in [3.05, 3.63) is 0 Å². The van der Waals surface area contributed by atoms with E-state index in [0.29, 0.717) is 6.04 Å². The Morgan fingerprint density at radius 3 is 2.92 bits per heavy atom. The largest absolute Gasteiger partial charge is 0.315 e. The maximum Gasteiger partial charge on any atom is 0.106 e. The first kappa shape index (κ1) is 10.5. The van der Waals surface area contributed by atoms with Crippen LogP contribution >= 0.6 is 0 Å². The molecule has 74 valence electrons. The highest BCUT2D eigenvalue weighted by atomic mass is 15.2. The molecule has 0 spiro atoms. The monoisotopic (exact) mass is 181 g/mol. The van der Waals surface area contributed by atoms with Crippen LogP contribution in [0.3, 0.4) is 0 Å². The molecule has 3 nitrogen and oxygen atoms in total. The molecule has 0 aliphatic carbocycles. The third-order valence-corrected chi connectivity index (χ3v) is 3.01. The SMILES string of the molecule is CCC1C(C)CCN1CC(N)C#N. The van der Waals surface area contributed by atoms with Crippen LogP contribution in [0.25, 0.3) is 0 Å². The maximum absolute atomic E-state index is 8.62. The molecule has 1 rings (SSSR count). The minimum Gasteiger partial charge on any atom is -0.315 e. The van der Waals surface area contributed by atoms with E-state index in [4.69, 9.17) is 11.0 Å². The molecule has 0 radical (unpaired) electrons. The molecule has 0 bridgehead atoms. The molecular formula is C10H19N3. The molecule has 0 aromatic rings. The van der Waals surface area contributed by atoms with Crippen molar-refractivity contribution in [3.63, 3.8) is 0 Å². The lowest BCUT2D eigenvalue weighted by Crippen LogP contribution is -2.40. The number of nitrogens with zero attached hydrogens (tertiary/aromatic N) is 2. The number of nitriles is 1. The summed E-state index contributed by atoms with van der Waals surface area (Å²) in [5, 5.41) is 8.62. The van der Waals surface area contributed by atoms with Gasteiger partial charge in [0.1, 0.15) is 6.04 Å². The molecule has 0 amide bonds. The van der Waals surface area contributed by atoms with Crippen LogP contribution in [0.2, 0.25) is 0 Å². The molecule has 2 N–H and O–H groups in total. The molecular weight excluding hydrogens is 162 g/mol. The van der Waals surface area contributed by atoms with Gasteiger partial charge in [0.2, 0.25) is 0 Å². The van der Waals surface area contributed by atoms with E-state index in [9.17, 15) is 0 Å². The first-order valence-electron chi connectivity index (χ1n) is 5.08. The van der Waals surface area contributed by atoms with Crippen molar-refractivity contribution in [2.75, 3.05) is 13.1 Å². The van der Waals surface area contributed by atoms with E-state index < -0.39 is 0 Å². The number of rotatable bonds is 3. The van der Waals surface area contributed by atoms with Crippen molar-refractivity contribution >= 4 is 0 Å². The Hall–Kier alpha value is -0.590. The van der Waals surface area contributed by atoms with Crippen molar-refractivity contribution in [3.8, 4) is 6.07 Å². The summed E-state index contributed by atoms with van der Waals surface area (Å²) in [7, 11) is 0. The van der Waals surface area contributed by atoms with Crippen LogP contribution in [0.1, 0.15) is 26.7 Å². The molecule has 0 saturated carbocycles. The normalized spacial score (nSPS) is 31.5. The fourth-order valence-electron chi connectivity index (χ4n) is 2.27. The predicted octanol–water partition coefficient (Wildman–Crippen LogP) is 0.958.